The van der Waals surface area contributed by atoms with Crippen LogP contribution in [0.1, 0.15) is 15.9 Å². The fourth-order valence-corrected chi connectivity index (χ4v) is 4.00. The van der Waals surface area contributed by atoms with Gasteiger partial charge in [-0.2, -0.15) is 0 Å². The molecule has 7 nitrogen and oxygen atoms in total. The number of halogens is 2. The fourth-order valence-electron chi connectivity index (χ4n) is 3.49. The van der Waals surface area contributed by atoms with Crippen LogP contribution in [0.4, 0.5) is 0 Å². The molecular weight excluding hydrogens is 446 g/mol. The molecule has 28 heavy (non-hydrogen) atoms. The van der Waals surface area contributed by atoms with Gasteiger partial charge in [-0.1, -0.05) is 16.7 Å². The van der Waals surface area contributed by atoms with Gasteiger partial charge in [-0.25, -0.2) is 4.98 Å². The maximum Gasteiger partial charge on any atom is 0.171 e. The van der Waals surface area contributed by atoms with E-state index in [2.05, 4.69) is 30.9 Å². The summed E-state index contributed by atoms with van der Waals surface area (Å²) in [5.41, 5.74) is 10.9. The van der Waals surface area contributed by atoms with Crippen LogP contribution in [-0.2, 0) is 13.0 Å². The van der Waals surface area contributed by atoms with Crippen LogP contribution in [0.15, 0.2) is 46.4 Å². The van der Waals surface area contributed by atoms with E-state index in [1.54, 1.807) is 12.3 Å². The Labute approximate surface area is 174 Å². The van der Waals surface area contributed by atoms with Crippen LogP contribution in [0.3, 0.4) is 0 Å². The minimum Gasteiger partial charge on any atom is -0.493 e. The van der Waals surface area contributed by atoms with Crippen molar-refractivity contribution in [2.24, 2.45) is 11.0 Å². The zero-order chi connectivity index (χ0) is 19.7. The van der Waals surface area contributed by atoms with E-state index in [0.29, 0.717) is 41.3 Å². The maximum atomic E-state index is 13.3. The van der Waals surface area contributed by atoms with E-state index in [1.807, 2.05) is 29.0 Å². The van der Waals surface area contributed by atoms with Crippen molar-refractivity contribution in [2.45, 2.75) is 13.0 Å². The Morgan fingerprint density at radius 3 is 3.14 bits per heavy atom. The van der Waals surface area contributed by atoms with Crippen LogP contribution in [0.5, 0.6) is 5.75 Å². The number of fused-ring (bicyclic) bond motifs is 2. The van der Waals surface area contributed by atoms with Gasteiger partial charge in [0.15, 0.2) is 5.78 Å². The third kappa shape index (κ3) is 3.58. The molecule has 1 aliphatic heterocycles. The van der Waals surface area contributed by atoms with E-state index in [-0.39, 0.29) is 11.7 Å². The molecule has 2 aromatic heterocycles. The molecule has 1 atom stereocenters. The molecule has 3 heterocycles. The largest absolute Gasteiger partial charge is 0.493 e. The number of benzene rings is 1. The third-order valence-corrected chi connectivity index (χ3v) is 5.47. The molecule has 0 N–H and O–H groups in total. The summed E-state index contributed by atoms with van der Waals surface area (Å²) in [6.45, 7) is 1.10. The first-order chi connectivity index (χ1) is 13.6. The van der Waals surface area contributed by atoms with Crippen molar-refractivity contribution in [2.75, 3.05) is 13.2 Å². The number of ketones is 1. The van der Waals surface area contributed by atoms with Crippen molar-refractivity contribution < 1.29 is 9.53 Å². The SMILES string of the molecule is [N-]=[N+]=NCCn1cc(C(=O)C2COc3ccc(Cl)cc3C2)c2cnc(Br)cc21. The lowest BCUT2D eigenvalue weighted by Crippen LogP contribution is -2.28. The quantitative estimate of drug-likeness (QED) is 0.172. The number of carbonyl (C=O) groups is 1. The van der Waals surface area contributed by atoms with Crippen molar-refractivity contribution in [1.82, 2.24) is 9.55 Å². The van der Waals surface area contributed by atoms with Crippen molar-refractivity contribution >= 4 is 44.2 Å². The van der Waals surface area contributed by atoms with E-state index >= 15 is 0 Å². The zero-order valence-electron chi connectivity index (χ0n) is 14.7. The normalized spacial score (nSPS) is 15.6. The third-order valence-electron chi connectivity index (χ3n) is 4.80. The first-order valence-corrected chi connectivity index (χ1v) is 9.84. The summed E-state index contributed by atoms with van der Waals surface area (Å²) >= 11 is 9.46. The van der Waals surface area contributed by atoms with Crippen LogP contribution in [0.2, 0.25) is 5.02 Å². The maximum absolute atomic E-state index is 13.3. The summed E-state index contributed by atoms with van der Waals surface area (Å²) in [6.07, 6.45) is 4.07. The first-order valence-electron chi connectivity index (χ1n) is 8.67. The van der Waals surface area contributed by atoms with Crippen LogP contribution >= 0.6 is 27.5 Å². The predicted molar refractivity (Wildman–Crippen MR) is 110 cm³/mol. The van der Waals surface area contributed by atoms with Crippen molar-refractivity contribution in [3.05, 3.63) is 67.9 Å². The van der Waals surface area contributed by atoms with Gasteiger partial charge in [-0.15, -0.1) is 0 Å². The Bertz CT molecular complexity index is 1120. The second kappa shape index (κ2) is 7.83. The smallest absolute Gasteiger partial charge is 0.171 e. The molecule has 3 aromatic rings. The molecular formula is C19H15BrClN5O2. The highest BCUT2D eigenvalue weighted by atomic mass is 79.9. The Hall–Kier alpha value is -2.54. The van der Waals surface area contributed by atoms with Gasteiger partial charge in [-0.05, 0) is 57.7 Å². The van der Waals surface area contributed by atoms with Crippen LogP contribution in [0, 0.1) is 5.92 Å². The number of ether oxygens (including phenoxy) is 1. The average Bonchev–Trinajstić information content (AvgIpc) is 3.04. The second-order valence-electron chi connectivity index (χ2n) is 6.54. The molecule has 4 rings (SSSR count). The Morgan fingerprint density at radius 2 is 2.32 bits per heavy atom. The number of azide groups is 1. The molecule has 1 aromatic carbocycles. The fraction of sp³-hybridized carbons (Fsp3) is 0.263. The number of pyridine rings is 1. The summed E-state index contributed by atoms with van der Waals surface area (Å²) in [5.74, 6) is 0.476. The Balaban J connectivity index is 1.68. The molecule has 1 aliphatic rings. The van der Waals surface area contributed by atoms with Gasteiger partial charge in [0, 0.05) is 46.4 Å². The lowest BCUT2D eigenvalue weighted by Gasteiger charge is -2.24. The zero-order valence-corrected chi connectivity index (χ0v) is 17.0. The summed E-state index contributed by atoms with van der Waals surface area (Å²) in [5, 5.41) is 4.98. The number of carbonyl (C=O) groups excluding carboxylic acids is 1. The van der Waals surface area contributed by atoms with E-state index in [9.17, 15) is 4.79 Å². The molecule has 0 amide bonds. The molecule has 0 aliphatic carbocycles. The lowest BCUT2D eigenvalue weighted by atomic mass is 9.90. The topological polar surface area (TPSA) is 92.9 Å². The van der Waals surface area contributed by atoms with Crippen LogP contribution in [-0.4, -0.2) is 28.5 Å². The number of nitrogens with zero attached hydrogens (tertiary/aromatic N) is 5. The highest BCUT2D eigenvalue weighted by Crippen LogP contribution is 2.33. The number of hydrogen-bond acceptors (Lipinski definition) is 4. The predicted octanol–water partition coefficient (Wildman–Crippen LogP) is 5.20. The van der Waals surface area contributed by atoms with Crippen molar-refractivity contribution in [3.8, 4) is 5.75 Å². The van der Waals surface area contributed by atoms with Gasteiger partial charge in [0.2, 0.25) is 0 Å². The number of rotatable bonds is 5. The molecule has 0 spiro atoms. The lowest BCUT2D eigenvalue weighted by molar-refractivity contribution is 0.0856. The minimum absolute atomic E-state index is 0.00211. The highest BCUT2D eigenvalue weighted by Gasteiger charge is 2.29. The van der Waals surface area contributed by atoms with Gasteiger partial charge in [0.1, 0.15) is 10.4 Å². The van der Waals surface area contributed by atoms with Crippen LogP contribution < -0.4 is 4.74 Å². The first kappa shape index (κ1) is 18.8. The molecule has 0 fully saturated rings. The van der Waals surface area contributed by atoms with Gasteiger partial charge in [0.25, 0.3) is 0 Å². The van der Waals surface area contributed by atoms with Crippen molar-refractivity contribution in [3.63, 3.8) is 0 Å². The highest BCUT2D eigenvalue weighted by molar-refractivity contribution is 9.10. The van der Waals surface area contributed by atoms with Gasteiger partial charge < -0.3 is 9.30 Å². The Morgan fingerprint density at radius 1 is 1.46 bits per heavy atom. The number of Topliss-reactive ketones (excluding diaryl/α,β-unsaturated/α-hetero) is 1. The standard InChI is InChI=1S/C19H15BrClN5O2/c20-18-7-16-14(8-23-18)15(9-26(16)4-3-24-25-22)19(27)12-5-11-6-13(21)1-2-17(11)28-10-12/h1-2,6-9,12H,3-5,10H2. The van der Waals surface area contributed by atoms with E-state index in [4.69, 9.17) is 21.9 Å². The monoisotopic (exact) mass is 459 g/mol. The molecule has 0 bridgehead atoms. The van der Waals surface area contributed by atoms with E-state index in [1.165, 1.54) is 0 Å². The number of aromatic nitrogens is 2. The van der Waals surface area contributed by atoms with E-state index < -0.39 is 0 Å². The molecule has 0 radical (unpaired) electrons. The van der Waals surface area contributed by atoms with Gasteiger partial charge in [-0.3, -0.25) is 4.79 Å². The Kier molecular flexibility index (Phi) is 5.26. The summed E-state index contributed by atoms with van der Waals surface area (Å²) in [4.78, 5) is 20.4. The summed E-state index contributed by atoms with van der Waals surface area (Å²) in [7, 11) is 0. The molecule has 1 unspecified atom stereocenters. The molecule has 0 saturated heterocycles. The average molecular weight is 461 g/mol. The minimum atomic E-state index is -0.300. The summed E-state index contributed by atoms with van der Waals surface area (Å²) in [6, 6.07) is 7.32. The summed E-state index contributed by atoms with van der Waals surface area (Å²) < 4.78 is 8.37. The molecule has 142 valence electrons. The number of hydrogen-bond donors (Lipinski definition) is 0. The van der Waals surface area contributed by atoms with Crippen molar-refractivity contribution in [1.29, 1.82) is 0 Å². The van der Waals surface area contributed by atoms with Gasteiger partial charge >= 0.3 is 0 Å². The molecule has 0 saturated carbocycles. The van der Waals surface area contributed by atoms with E-state index in [0.717, 1.165) is 22.2 Å². The molecule has 9 heteroatoms. The van der Waals surface area contributed by atoms with Gasteiger partial charge in [0.05, 0.1) is 18.0 Å². The van der Waals surface area contributed by atoms with Crippen LogP contribution in [0.25, 0.3) is 21.3 Å². The second-order valence-corrected chi connectivity index (χ2v) is 7.79.